The van der Waals surface area contributed by atoms with Crippen LogP contribution in [0.4, 0.5) is 0 Å². The number of rotatable bonds is 5. The number of nitrogens with one attached hydrogen (secondary N) is 1. The number of hydrogen-bond acceptors (Lipinski definition) is 4. The first-order chi connectivity index (χ1) is 8.40. The predicted molar refractivity (Wildman–Crippen MR) is 64.9 cm³/mol. The van der Waals surface area contributed by atoms with E-state index in [4.69, 9.17) is 10.2 Å². The summed E-state index contributed by atoms with van der Waals surface area (Å²) in [5.74, 6) is -3.30. The molecule has 0 unspecified atom stereocenters. The molecule has 1 rings (SSSR count). The summed E-state index contributed by atoms with van der Waals surface area (Å²) in [7, 11) is 0. The normalized spacial score (nSPS) is 9.25. The molecule has 0 aromatic carbocycles. The molecule has 0 spiro atoms. The Labute approximate surface area is 136 Å². The molecule has 1 aromatic rings. The van der Waals surface area contributed by atoms with Crippen molar-refractivity contribution in [1.29, 1.82) is 0 Å². The molecular formula is C10H15N2NaO7. The maximum Gasteiger partial charge on any atom is 1.00 e. The smallest absolute Gasteiger partial charge is 1.00 e. The van der Waals surface area contributed by atoms with E-state index in [-0.39, 0.29) is 43.0 Å². The number of carbonyl (C=O) groups is 2. The van der Waals surface area contributed by atoms with Gasteiger partial charge in [-0.05, 0) is 6.42 Å². The Hall–Kier alpha value is -1.42. The van der Waals surface area contributed by atoms with Gasteiger partial charge in [-0.3, -0.25) is 14.3 Å². The molecule has 0 aliphatic heterocycles. The van der Waals surface area contributed by atoms with Gasteiger partial charge in [-0.2, -0.15) is 0 Å². The van der Waals surface area contributed by atoms with Gasteiger partial charge in [0.2, 0.25) is 0 Å². The summed E-state index contributed by atoms with van der Waals surface area (Å²) >= 11 is 0. The van der Waals surface area contributed by atoms with Gasteiger partial charge in [-0.1, -0.05) is 13.3 Å². The molecule has 0 atom stereocenters. The quantitative estimate of drug-likeness (QED) is 0.470. The first kappa shape index (κ1) is 20.9. The second-order valence-corrected chi connectivity index (χ2v) is 3.60. The maximum absolute atomic E-state index is 11.5. The number of aromatic carboxylic acids is 2. The molecule has 108 valence electrons. The van der Waals surface area contributed by atoms with Gasteiger partial charge in [0.05, 0.1) is 0 Å². The van der Waals surface area contributed by atoms with Crippen molar-refractivity contribution in [3.05, 3.63) is 32.1 Å². The summed E-state index contributed by atoms with van der Waals surface area (Å²) in [6, 6.07) is 0. The fraction of sp³-hybridized carbons (Fsp3) is 0.400. The van der Waals surface area contributed by atoms with Crippen LogP contribution in [0.3, 0.4) is 0 Å². The van der Waals surface area contributed by atoms with Crippen molar-refractivity contribution in [3.63, 3.8) is 0 Å². The first-order valence-electron chi connectivity index (χ1n) is 5.23. The number of aromatic amines is 1. The Morgan fingerprint density at radius 1 is 1.25 bits per heavy atom. The van der Waals surface area contributed by atoms with E-state index >= 15 is 0 Å². The van der Waals surface area contributed by atoms with Crippen LogP contribution in [0.15, 0.2) is 9.59 Å². The number of carboxylic acids is 2. The van der Waals surface area contributed by atoms with Crippen molar-refractivity contribution in [1.82, 2.24) is 9.55 Å². The van der Waals surface area contributed by atoms with Gasteiger partial charge in [0, 0.05) is 6.54 Å². The average molecular weight is 298 g/mol. The van der Waals surface area contributed by atoms with Gasteiger partial charge in [0.15, 0.2) is 11.3 Å². The monoisotopic (exact) mass is 298 g/mol. The Balaban J connectivity index is -0.00000108. The molecule has 0 saturated carbocycles. The molecule has 1 aromatic heterocycles. The zero-order valence-corrected chi connectivity index (χ0v) is 13.1. The number of H-pyrrole nitrogens is 1. The summed E-state index contributed by atoms with van der Waals surface area (Å²) in [5.41, 5.74) is -3.85. The molecule has 0 saturated heterocycles. The predicted octanol–water partition coefficient (Wildman–Crippen LogP) is -3.98. The minimum atomic E-state index is -1.68. The van der Waals surface area contributed by atoms with E-state index in [0.29, 0.717) is 12.8 Å². The van der Waals surface area contributed by atoms with E-state index in [0.717, 1.165) is 4.57 Å². The summed E-state index contributed by atoms with van der Waals surface area (Å²) in [6.07, 6.45) is 1.18. The Kier molecular flexibility index (Phi) is 9.08. The van der Waals surface area contributed by atoms with Crippen molar-refractivity contribution in [2.45, 2.75) is 26.3 Å². The molecule has 9 nitrogen and oxygen atoms in total. The van der Waals surface area contributed by atoms with Crippen LogP contribution in [0.2, 0.25) is 0 Å². The van der Waals surface area contributed by atoms with Crippen LogP contribution in [0.1, 0.15) is 42.0 Å². The zero-order chi connectivity index (χ0) is 13.9. The van der Waals surface area contributed by atoms with Gasteiger partial charge in [-0.25, -0.2) is 14.4 Å². The molecule has 0 amide bonds. The van der Waals surface area contributed by atoms with Crippen molar-refractivity contribution >= 4 is 11.9 Å². The fourth-order valence-electron chi connectivity index (χ4n) is 1.52. The van der Waals surface area contributed by atoms with Crippen LogP contribution in [0.25, 0.3) is 0 Å². The van der Waals surface area contributed by atoms with Gasteiger partial charge in [0.25, 0.3) is 5.56 Å². The molecule has 1 heterocycles. The summed E-state index contributed by atoms with van der Waals surface area (Å²) < 4.78 is 0.761. The topological polar surface area (TPSA) is 161 Å². The minimum Gasteiger partial charge on any atom is -1.00 e. The van der Waals surface area contributed by atoms with Crippen LogP contribution in [-0.2, 0) is 6.54 Å². The second-order valence-electron chi connectivity index (χ2n) is 3.60. The second kappa shape index (κ2) is 8.69. The Morgan fingerprint density at radius 3 is 2.20 bits per heavy atom. The molecule has 5 N–H and O–H groups in total. The van der Waals surface area contributed by atoms with Gasteiger partial charge in [0.1, 0.15) is 0 Å². The molecule has 0 aliphatic carbocycles. The van der Waals surface area contributed by atoms with Gasteiger partial charge in [-0.15, -0.1) is 0 Å². The molecule has 20 heavy (non-hydrogen) atoms. The zero-order valence-electron chi connectivity index (χ0n) is 12.1. The third kappa shape index (κ3) is 4.30. The van der Waals surface area contributed by atoms with E-state index in [1.807, 2.05) is 6.92 Å². The molecular weight excluding hydrogens is 283 g/mol. The number of hydrogen-bond donors (Lipinski definition) is 3. The van der Waals surface area contributed by atoms with Crippen molar-refractivity contribution in [2.24, 2.45) is 0 Å². The van der Waals surface area contributed by atoms with Crippen LogP contribution in [0.5, 0.6) is 0 Å². The molecule has 0 bridgehead atoms. The van der Waals surface area contributed by atoms with E-state index in [2.05, 4.69) is 0 Å². The van der Waals surface area contributed by atoms with Crippen LogP contribution in [-0.4, -0.2) is 37.2 Å². The summed E-state index contributed by atoms with van der Waals surface area (Å²) in [4.78, 5) is 46.5. The number of carboxylic acid groups (broad SMARTS) is 2. The average Bonchev–Trinajstić information content (AvgIpc) is 2.26. The van der Waals surface area contributed by atoms with Crippen molar-refractivity contribution < 1.29 is 56.3 Å². The Morgan fingerprint density at radius 2 is 1.80 bits per heavy atom. The van der Waals surface area contributed by atoms with E-state index in [9.17, 15) is 19.2 Å². The standard InChI is InChI=1S/C10H12N2O6.Na.H2O.H/c1-2-3-4-12-6(9(16)17)5(8(14)15)7(13)11-10(12)18;;;/h2-4H2,1H3,(H,14,15)(H,16,17)(H,11,13,18);;1H2;/q;+1;;-1. The summed E-state index contributed by atoms with van der Waals surface area (Å²) in [6.45, 7) is 1.86. The fourth-order valence-corrected chi connectivity index (χ4v) is 1.52. The van der Waals surface area contributed by atoms with Crippen LogP contribution < -0.4 is 40.8 Å². The van der Waals surface area contributed by atoms with Crippen molar-refractivity contribution in [3.8, 4) is 0 Å². The molecule has 10 heteroatoms. The van der Waals surface area contributed by atoms with Crippen LogP contribution in [0, 0.1) is 0 Å². The first-order valence-corrected chi connectivity index (χ1v) is 5.23. The van der Waals surface area contributed by atoms with E-state index in [1.165, 1.54) is 0 Å². The largest absolute Gasteiger partial charge is 1.00 e. The third-order valence-corrected chi connectivity index (χ3v) is 2.35. The number of unbranched alkanes of at least 4 members (excludes halogenated alkanes) is 1. The maximum atomic E-state index is 11.5. The molecule has 0 fully saturated rings. The SMILES string of the molecule is CCCCn1c(C(=O)O)c(C(=O)O)c(=O)[nH]c1=O.O.[H-].[Na+]. The number of aromatic nitrogens is 2. The third-order valence-electron chi connectivity index (χ3n) is 2.35. The van der Waals surface area contributed by atoms with Gasteiger partial charge >= 0.3 is 47.2 Å². The Bertz CT molecular complexity index is 610. The van der Waals surface area contributed by atoms with Crippen LogP contribution >= 0.6 is 0 Å². The van der Waals surface area contributed by atoms with Gasteiger partial charge < -0.3 is 17.1 Å². The van der Waals surface area contributed by atoms with E-state index < -0.39 is 34.4 Å². The molecule has 0 aliphatic rings. The van der Waals surface area contributed by atoms with Crippen molar-refractivity contribution in [2.75, 3.05) is 0 Å². The number of nitrogens with zero attached hydrogens (tertiary/aromatic N) is 1. The van der Waals surface area contributed by atoms with E-state index in [1.54, 1.807) is 4.98 Å². The summed E-state index contributed by atoms with van der Waals surface area (Å²) in [5, 5.41) is 17.8. The molecule has 0 radical (unpaired) electrons. The minimum absolute atomic E-state index is 0.